The first-order chi connectivity index (χ1) is 14.0. The highest BCUT2D eigenvalue weighted by molar-refractivity contribution is 7.37. The van der Waals surface area contributed by atoms with Crippen LogP contribution >= 0.6 is 19.5 Å². The van der Waals surface area contributed by atoms with Crippen molar-refractivity contribution >= 4 is 48.1 Å². The second-order valence-electron chi connectivity index (χ2n) is 6.66. The number of nitrogens with one attached hydrogen (secondary N) is 1. The summed E-state index contributed by atoms with van der Waals surface area (Å²) in [5.41, 5.74) is 3.51. The van der Waals surface area contributed by atoms with Crippen LogP contribution in [0.25, 0.3) is 0 Å². The minimum absolute atomic E-state index is 0.0346. The van der Waals surface area contributed by atoms with Crippen LogP contribution in [0.1, 0.15) is 26.5 Å². The molecule has 3 unspecified atom stereocenters. The highest BCUT2D eigenvalue weighted by Gasteiger charge is 2.48. The molecule has 1 aliphatic rings. The van der Waals surface area contributed by atoms with Gasteiger partial charge in [0, 0.05) is 5.38 Å². The summed E-state index contributed by atoms with van der Waals surface area (Å²) < 4.78 is 17.8. The van der Waals surface area contributed by atoms with E-state index in [-0.39, 0.29) is 29.8 Å². The zero-order valence-electron chi connectivity index (χ0n) is 16.3. The fourth-order valence-corrected chi connectivity index (χ4v) is 4.03. The molecule has 2 heterocycles. The van der Waals surface area contributed by atoms with Crippen molar-refractivity contribution in [3.05, 3.63) is 11.1 Å². The summed E-state index contributed by atoms with van der Waals surface area (Å²) in [5, 5.41) is 25.5. The zero-order valence-corrected chi connectivity index (χ0v) is 18.1. The van der Waals surface area contributed by atoms with E-state index in [1.165, 1.54) is 19.2 Å². The molecule has 0 spiro atoms. The molecule has 2 rings (SSSR count). The molecule has 0 saturated carbocycles. The van der Waals surface area contributed by atoms with E-state index in [1.807, 2.05) is 0 Å². The van der Waals surface area contributed by atoms with Crippen LogP contribution in [0, 0.1) is 0 Å². The van der Waals surface area contributed by atoms with Gasteiger partial charge in [0.25, 0.3) is 20.0 Å². The number of oxime groups is 1. The normalized spacial score (nSPS) is 20.5. The molecule has 0 aliphatic carbocycles. The van der Waals surface area contributed by atoms with E-state index < -0.39 is 43.6 Å². The maximum atomic E-state index is 12.7. The molecule has 2 amide bonds. The van der Waals surface area contributed by atoms with E-state index >= 15 is 0 Å². The average molecular weight is 463 g/mol. The number of hydrogen-bond donors (Lipinski definition) is 4. The third kappa shape index (κ3) is 5.14. The lowest BCUT2D eigenvalue weighted by atomic mass is 10.0. The third-order valence-corrected chi connectivity index (χ3v) is 6.20. The molecule has 1 aromatic rings. The number of thiazole rings is 1. The van der Waals surface area contributed by atoms with Crippen molar-refractivity contribution in [3.63, 3.8) is 0 Å². The quantitative estimate of drug-likeness (QED) is 0.151. The molecule has 0 aromatic carbocycles. The van der Waals surface area contributed by atoms with Crippen molar-refractivity contribution in [2.45, 2.75) is 38.5 Å². The number of nitrogen functional groups attached to an aromatic ring is 1. The minimum Gasteiger partial charge on any atom is -0.478 e. The molecule has 1 saturated heterocycles. The van der Waals surface area contributed by atoms with E-state index in [0.29, 0.717) is 0 Å². The van der Waals surface area contributed by atoms with Gasteiger partial charge in [-0.1, -0.05) is 5.16 Å². The Morgan fingerprint density at radius 2 is 2.17 bits per heavy atom. The Morgan fingerprint density at radius 3 is 2.67 bits per heavy atom. The number of carboxylic acid groups (broad SMARTS) is 1. The molecule has 0 bridgehead atoms. The number of rotatable bonds is 10. The van der Waals surface area contributed by atoms with Crippen LogP contribution in [0.5, 0.6) is 0 Å². The topological polar surface area (TPSA) is 194 Å². The van der Waals surface area contributed by atoms with Gasteiger partial charge in [-0.2, -0.15) is 0 Å². The second kappa shape index (κ2) is 9.51. The maximum Gasteiger partial charge on any atom is 0.350 e. The molecule has 1 fully saturated rings. The standard InChI is InChI=1S/C15H22N5O8PS/c1-7-9(12(23)20(7)29(26)27-5-4-21)18-11(22)10(8-6-30-14(16)17-8)19-28-15(2,3)13(24)25/h6-7,9,21,29H,4-5H2,1-3H3,(H2,16,17)(H,18,22)(H,24,25). The van der Waals surface area contributed by atoms with Crippen molar-refractivity contribution in [2.24, 2.45) is 5.16 Å². The van der Waals surface area contributed by atoms with Crippen LogP contribution in [-0.4, -0.2) is 74.3 Å². The highest BCUT2D eigenvalue weighted by Crippen LogP contribution is 2.38. The summed E-state index contributed by atoms with van der Waals surface area (Å²) in [6.07, 6.45) is 0. The zero-order chi connectivity index (χ0) is 22.6. The predicted molar refractivity (Wildman–Crippen MR) is 106 cm³/mol. The Labute approximate surface area is 175 Å². The largest absolute Gasteiger partial charge is 0.478 e. The van der Waals surface area contributed by atoms with E-state index in [2.05, 4.69) is 15.5 Å². The monoisotopic (exact) mass is 463 g/mol. The molecule has 13 nitrogen and oxygen atoms in total. The smallest absolute Gasteiger partial charge is 0.350 e. The second-order valence-corrected chi connectivity index (χ2v) is 8.85. The van der Waals surface area contributed by atoms with Gasteiger partial charge in [0.1, 0.15) is 11.7 Å². The number of aliphatic carboxylic acids is 1. The van der Waals surface area contributed by atoms with Crippen molar-refractivity contribution in [1.82, 2.24) is 15.0 Å². The van der Waals surface area contributed by atoms with Gasteiger partial charge in [-0.25, -0.2) is 9.78 Å². The number of nitrogens with zero attached hydrogens (tertiary/aromatic N) is 3. The first-order valence-electron chi connectivity index (χ1n) is 8.62. The van der Waals surface area contributed by atoms with Crippen LogP contribution in [0.4, 0.5) is 5.13 Å². The lowest BCUT2D eigenvalue weighted by Gasteiger charge is -2.43. The summed E-state index contributed by atoms with van der Waals surface area (Å²) in [7, 11) is -2.89. The number of anilines is 1. The van der Waals surface area contributed by atoms with Gasteiger partial charge < -0.3 is 30.6 Å². The van der Waals surface area contributed by atoms with Crippen LogP contribution in [-0.2, 0) is 28.3 Å². The van der Waals surface area contributed by atoms with Crippen molar-refractivity contribution in [2.75, 3.05) is 18.9 Å². The molecule has 1 aromatic heterocycles. The molecule has 30 heavy (non-hydrogen) atoms. The average Bonchev–Trinajstić information content (AvgIpc) is 3.10. The van der Waals surface area contributed by atoms with Crippen LogP contribution < -0.4 is 11.1 Å². The molecule has 3 atom stereocenters. The number of carbonyl (C=O) groups excluding carboxylic acids is 2. The number of aromatic nitrogens is 1. The molecular weight excluding hydrogens is 441 g/mol. The van der Waals surface area contributed by atoms with Gasteiger partial charge in [-0.05, 0) is 20.8 Å². The van der Waals surface area contributed by atoms with Gasteiger partial charge in [0.2, 0.25) is 5.60 Å². The van der Waals surface area contributed by atoms with Crippen LogP contribution in [0.3, 0.4) is 0 Å². The van der Waals surface area contributed by atoms with E-state index in [0.717, 1.165) is 16.0 Å². The first kappa shape index (κ1) is 23.7. The predicted octanol–water partition coefficient (Wildman–Crippen LogP) is -0.577. The number of amides is 2. The molecular formula is C15H22N5O8PS. The van der Waals surface area contributed by atoms with Gasteiger partial charge in [-0.15, -0.1) is 11.3 Å². The lowest BCUT2D eigenvalue weighted by Crippen LogP contribution is -2.67. The third-order valence-electron chi connectivity index (χ3n) is 4.05. The lowest BCUT2D eigenvalue weighted by molar-refractivity contribution is -0.161. The van der Waals surface area contributed by atoms with Gasteiger partial charge in [0.15, 0.2) is 10.8 Å². The number of carboxylic acids is 1. The fourth-order valence-electron chi connectivity index (χ4n) is 2.27. The van der Waals surface area contributed by atoms with E-state index in [9.17, 15) is 18.9 Å². The molecule has 15 heteroatoms. The maximum absolute atomic E-state index is 12.7. The Morgan fingerprint density at radius 1 is 1.50 bits per heavy atom. The van der Waals surface area contributed by atoms with Crippen molar-refractivity contribution in [1.29, 1.82) is 0 Å². The Bertz CT molecular complexity index is 888. The molecule has 0 radical (unpaired) electrons. The molecule has 1 aliphatic heterocycles. The summed E-state index contributed by atoms with van der Waals surface area (Å²) in [6, 6.07) is -1.66. The van der Waals surface area contributed by atoms with Crippen LogP contribution in [0.2, 0.25) is 0 Å². The fraction of sp³-hybridized carbons (Fsp3) is 0.533. The summed E-state index contributed by atoms with van der Waals surface area (Å²) in [4.78, 5) is 45.2. The summed E-state index contributed by atoms with van der Waals surface area (Å²) in [5.74, 6) is -2.81. The number of hydrogen-bond acceptors (Lipinski definition) is 11. The summed E-state index contributed by atoms with van der Waals surface area (Å²) in [6.45, 7) is 3.49. The van der Waals surface area contributed by atoms with Crippen molar-refractivity contribution < 1.29 is 38.5 Å². The molecule has 5 N–H and O–H groups in total. The van der Waals surface area contributed by atoms with Gasteiger partial charge in [0.05, 0.1) is 19.3 Å². The SMILES string of the molecule is CC1C(NC(=O)C(=NOC(C)(C)C(=O)O)c2csc(N)n2)C(=O)N1[PH](=O)OCCO. The molecule has 166 valence electrons. The summed E-state index contributed by atoms with van der Waals surface area (Å²) >= 11 is 1.03. The Balaban J connectivity index is 2.17. The van der Waals surface area contributed by atoms with Gasteiger partial charge in [-0.3, -0.25) is 18.8 Å². The minimum atomic E-state index is -2.89. The van der Waals surface area contributed by atoms with E-state index in [1.54, 1.807) is 6.92 Å². The number of carbonyl (C=O) groups is 3. The van der Waals surface area contributed by atoms with E-state index in [4.69, 9.17) is 25.3 Å². The Hall–Kier alpha value is -2.54. The number of nitrogens with two attached hydrogens (primary N) is 1. The Kier molecular flexibility index (Phi) is 7.53. The van der Waals surface area contributed by atoms with Gasteiger partial charge >= 0.3 is 5.97 Å². The first-order valence-corrected chi connectivity index (χ1v) is 10.8. The van der Waals surface area contributed by atoms with Crippen molar-refractivity contribution in [3.8, 4) is 0 Å². The number of aliphatic hydroxyl groups is 1. The van der Waals surface area contributed by atoms with Crippen LogP contribution in [0.15, 0.2) is 10.5 Å². The number of β-lactam (4-membered cyclic amide) rings is 1. The number of aliphatic hydroxyl groups excluding tert-OH is 1. The highest BCUT2D eigenvalue weighted by atomic mass is 32.1.